The van der Waals surface area contributed by atoms with Crippen LogP contribution < -0.4 is 0 Å². The number of nitrogens with zero attached hydrogens (tertiary/aromatic N) is 1. The van der Waals surface area contributed by atoms with E-state index in [4.69, 9.17) is 0 Å². The van der Waals surface area contributed by atoms with Crippen molar-refractivity contribution in [1.29, 1.82) is 0 Å². The summed E-state index contributed by atoms with van der Waals surface area (Å²) in [6.45, 7) is 13.6. The predicted octanol–water partition coefficient (Wildman–Crippen LogP) is 3.42. The van der Waals surface area contributed by atoms with E-state index in [1.165, 1.54) is 11.1 Å². The highest BCUT2D eigenvalue weighted by Gasteiger charge is 2.29. The van der Waals surface area contributed by atoms with Gasteiger partial charge in [0.25, 0.3) is 0 Å². The standard InChI is InChI=1S/C14H21N/c1-10-6-7-11(2)13-9-15(8-12(10)13)14(3,4)5/h6-7H,8-9H2,1-5H3. The highest BCUT2D eigenvalue weighted by molar-refractivity contribution is 5.42. The number of hydrogen-bond donors (Lipinski definition) is 0. The average Bonchev–Trinajstić information content (AvgIpc) is 2.56. The molecule has 1 heterocycles. The van der Waals surface area contributed by atoms with Crippen LogP contribution in [-0.4, -0.2) is 10.4 Å². The molecule has 1 aromatic carbocycles. The molecule has 1 heteroatoms. The molecule has 1 nitrogen and oxygen atoms in total. The predicted molar refractivity (Wildman–Crippen MR) is 64.9 cm³/mol. The van der Waals surface area contributed by atoms with Crippen molar-refractivity contribution in [2.24, 2.45) is 0 Å². The third kappa shape index (κ3) is 1.81. The van der Waals surface area contributed by atoms with Gasteiger partial charge in [-0.25, -0.2) is 0 Å². The van der Waals surface area contributed by atoms with Crippen LogP contribution in [0.2, 0.25) is 0 Å². The summed E-state index contributed by atoms with van der Waals surface area (Å²) in [6.07, 6.45) is 0. The van der Waals surface area contributed by atoms with Gasteiger partial charge in [-0.1, -0.05) is 12.1 Å². The zero-order valence-electron chi connectivity index (χ0n) is 10.5. The molecule has 0 spiro atoms. The van der Waals surface area contributed by atoms with Crippen LogP contribution in [0.1, 0.15) is 43.0 Å². The highest BCUT2D eigenvalue weighted by Crippen LogP contribution is 2.32. The van der Waals surface area contributed by atoms with Crippen molar-refractivity contribution < 1.29 is 0 Å². The van der Waals surface area contributed by atoms with Crippen LogP contribution in [0.3, 0.4) is 0 Å². The lowest BCUT2D eigenvalue weighted by Crippen LogP contribution is -2.36. The minimum absolute atomic E-state index is 0.276. The Morgan fingerprint density at radius 1 is 0.933 bits per heavy atom. The molecule has 0 aliphatic carbocycles. The average molecular weight is 203 g/mol. The van der Waals surface area contributed by atoms with E-state index in [0.29, 0.717) is 0 Å². The van der Waals surface area contributed by atoms with Crippen molar-refractivity contribution in [3.8, 4) is 0 Å². The molecule has 1 aliphatic rings. The van der Waals surface area contributed by atoms with Crippen molar-refractivity contribution >= 4 is 0 Å². The van der Waals surface area contributed by atoms with Gasteiger partial charge in [0.05, 0.1) is 0 Å². The van der Waals surface area contributed by atoms with Gasteiger partial charge in [-0.3, -0.25) is 4.90 Å². The third-order valence-electron chi connectivity index (χ3n) is 3.55. The summed E-state index contributed by atoms with van der Waals surface area (Å²) in [7, 11) is 0. The third-order valence-corrected chi connectivity index (χ3v) is 3.55. The monoisotopic (exact) mass is 203 g/mol. The molecule has 0 bridgehead atoms. The summed E-state index contributed by atoms with van der Waals surface area (Å²) in [4.78, 5) is 2.55. The number of fused-ring (bicyclic) bond motifs is 1. The van der Waals surface area contributed by atoms with E-state index in [1.807, 2.05) is 0 Å². The zero-order chi connectivity index (χ0) is 11.2. The normalized spacial score (nSPS) is 16.9. The van der Waals surface area contributed by atoms with Crippen LogP contribution in [0.25, 0.3) is 0 Å². The SMILES string of the molecule is Cc1ccc(C)c2c1CN(C(C)(C)C)C2. The van der Waals surface area contributed by atoms with Gasteiger partial charge in [-0.15, -0.1) is 0 Å². The molecule has 0 atom stereocenters. The molecular weight excluding hydrogens is 182 g/mol. The van der Waals surface area contributed by atoms with Crippen molar-refractivity contribution in [1.82, 2.24) is 4.90 Å². The molecular formula is C14H21N. The van der Waals surface area contributed by atoms with Crippen molar-refractivity contribution in [3.63, 3.8) is 0 Å². The summed E-state index contributed by atoms with van der Waals surface area (Å²) in [5.41, 5.74) is 6.29. The molecule has 0 N–H and O–H groups in total. The lowest BCUT2D eigenvalue weighted by Gasteiger charge is -2.31. The van der Waals surface area contributed by atoms with Gasteiger partial charge in [0, 0.05) is 18.6 Å². The molecule has 0 saturated heterocycles. The Morgan fingerprint density at radius 2 is 1.33 bits per heavy atom. The summed E-state index contributed by atoms with van der Waals surface area (Å²) in [6, 6.07) is 4.50. The maximum atomic E-state index is 2.55. The second-order valence-corrected chi connectivity index (χ2v) is 5.68. The number of benzene rings is 1. The summed E-state index contributed by atoms with van der Waals surface area (Å²) >= 11 is 0. The van der Waals surface area contributed by atoms with E-state index in [1.54, 1.807) is 11.1 Å². The Balaban J connectivity index is 2.39. The molecule has 15 heavy (non-hydrogen) atoms. The first-order valence-electron chi connectivity index (χ1n) is 5.72. The fraction of sp³-hybridized carbons (Fsp3) is 0.571. The second kappa shape index (κ2) is 3.34. The van der Waals surface area contributed by atoms with Crippen molar-refractivity contribution in [2.45, 2.75) is 53.2 Å². The van der Waals surface area contributed by atoms with Gasteiger partial charge in [-0.2, -0.15) is 0 Å². The highest BCUT2D eigenvalue weighted by atomic mass is 15.2. The lowest BCUT2D eigenvalue weighted by molar-refractivity contribution is 0.136. The first kappa shape index (κ1) is 10.7. The van der Waals surface area contributed by atoms with E-state index in [-0.39, 0.29) is 5.54 Å². The quantitative estimate of drug-likeness (QED) is 0.624. The molecule has 0 radical (unpaired) electrons. The summed E-state index contributed by atoms with van der Waals surface area (Å²) in [5.74, 6) is 0. The van der Waals surface area contributed by atoms with Gasteiger partial charge in [0.1, 0.15) is 0 Å². The maximum absolute atomic E-state index is 2.55. The molecule has 0 saturated carbocycles. The van der Waals surface area contributed by atoms with Crippen LogP contribution >= 0.6 is 0 Å². The molecule has 1 aromatic rings. The topological polar surface area (TPSA) is 3.24 Å². The number of rotatable bonds is 0. The Morgan fingerprint density at radius 3 is 1.67 bits per heavy atom. The zero-order valence-corrected chi connectivity index (χ0v) is 10.5. The molecule has 0 amide bonds. The molecule has 82 valence electrons. The smallest absolute Gasteiger partial charge is 0.0248 e. The number of hydrogen-bond acceptors (Lipinski definition) is 1. The van der Waals surface area contributed by atoms with Crippen LogP contribution in [0.15, 0.2) is 12.1 Å². The summed E-state index contributed by atoms with van der Waals surface area (Å²) < 4.78 is 0. The minimum atomic E-state index is 0.276. The van der Waals surface area contributed by atoms with E-state index in [0.717, 1.165) is 13.1 Å². The van der Waals surface area contributed by atoms with Crippen molar-refractivity contribution in [3.05, 3.63) is 34.4 Å². The Kier molecular flexibility index (Phi) is 2.38. The molecule has 0 aromatic heterocycles. The van der Waals surface area contributed by atoms with E-state index < -0.39 is 0 Å². The van der Waals surface area contributed by atoms with Gasteiger partial charge < -0.3 is 0 Å². The Labute approximate surface area is 93.1 Å². The van der Waals surface area contributed by atoms with E-state index in [9.17, 15) is 0 Å². The molecule has 2 rings (SSSR count). The largest absolute Gasteiger partial charge is 0.290 e. The Bertz CT molecular complexity index is 354. The van der Waals surface area contributed by atoms with E-state index >= 15 is 0 Å². The fourth-order valence-electron chi connectivity index (χ4n) is 2.28. The number of aryl methyl sites for hydroxylation is 2. The van der Waals surface area contributed by atoms with Crippen LogP contribution in [0, 0.1) is 13.8 Å². The van der Waals surface area contributed by atoms with Gasteiger partial charge in [0.2, 0.25) is 0 Å². The van der Waals surface area contributed by atoms with Crippen LogP contribution in [0.5, 0.6) is 0 Å². The molecule has 1 aliphatic heterocycles. The first-order valence-corrected chi connectivity index (χ1v) is 5.72. The van der Waals surface area contributed by atoms with E-state index in [2.05, 4.69) is 51.7 Å². The van der Waals surface area contributed by atoms with Gasteiger partial charge in [-0.05, 0) is 56.9 Å². The summed E-state index contributed by atoms with van der Waals surface area (Å²) in [5, 5.41) is 0. The molecule has 0 fully saturated rings. The maximum Gasteiger partial charge on any atom is 0.0248 e. The first-order chi connectivity index (χ1) is 6.89. The lowest BCUT2D eigenvalue weighted by atomic mass is 10.0. The van der Waals surface area contributed by atoms with Gasteiger partial charge in [0.15, 0.2) is 0 Å². The van der Waals surface area contributed by atoms with Crippen LogP contribution in [-0.2, 0) is 13.1 Å². The second-order valence-electron chi connectivity index (χ2n) is 5.68. The minimum Gasteiger partial charge on any atom is -0.290 e. The van der Waals surface area contributed by atoms with Crippen molar-refractivity contribution in [2.75, 3.05) is 0 Å². The van der Waals surface area contributed by atoms with Crippen LogP contribution in [0.4, 0.5) is 0 Å². The fourth-order valence-corrected chi connectivity index (χ4v) is 2.28. The van der Waals surface area contributed by atoms with Gasteiger partial charge >= 0.3 is 0 Å². The molecule has 0 unspecified atom stereocenters. The Hall–Kier alpha value is -0.820.